The summed E-state index contributed by atoms with van der Waals surface area (Å²) in [6, 6.07) is 10.4. The fraction of sp³-hybridized carbons (Fsp3) is 0.450. The third-order valence-corrected chi connectivity index (χ3v) is 5.34. The molecule has 1 amide bonds. The number of methoxy groups -OCH3 is 1. The van der Waals surface area contributed by atoms with Gasteiger partial charge in [0.2, 0.25) is 0 Å². The molecule has 2 heterocycles. The number of ether oxygens (including phenoxy) is 1. The molecule has 2 aliphatic rings. The zero-order valence-corrected chi connectivity index (χ0v) is 16.7. The van der Waals surface area contributed by atoms with Gasteiger partial charge in [-0.25, -0.2) is 0 Å². The maximum atomic E-state index is 12.4. The lowest BCUT2D eigenvalue weighted by Gasteiger charge is -2.43. The molecular formula is C20H26N4O2S. The number of likely N-dealkylation sites (tertiary alicyclic amines) is 1. The smallest absolute Gasteiger partial charge is 0.272 e. The number of para-hydroxylation sites is 1. The van der Waals surface area contributed by atoms with Crippen LogP contribution in [0.1, 0.15) is 53.3 Å². The monoisotopic (exact) mass is 386 g/mol. The second-order valence-electron chi connectivity index (χ2n) is 7.19. The number of hydrogen-bond donors (Lipinski definition) is 1. The normalized spacial score (nSPS) is 18.1. The Morgan fingerprint density at radius 1 is 1.30 bits per heavy atom. The summed E-state index contributed by atoms with van der Waals surface area (Å²) in [5.41, 5.74) is 2.72. The molecule has 0 bridgehead atoms. The highest BCUT2D eigenvalue weighted by atomic mass is 32.1. The van der Waals surface area contributed by atoms with Crippen molar-refractivity contribution in [3.8, 4) is 5.75 Å². The Morgan fingerprint density at radius 2 is 2.04 bits per heavy atom. The van der Waals surface area contributed by atoms with Gasteiger partial charge >= 0.3 is 0 Å². The minimum atomic E-state index is -0.130. The number of nitrogens with zero attached hydrogens (tertiary/aromatic N) is 3. The van der Waals surface area contributed by atoms with Crippen molar-refractivity contribution < 1.29 is 9.53 Å². The Hall–Kier alpha value is -2.12. The second kappa shape index (κ2) is 8.27. The van der Waals surface area contributed by atoms with E-state index in [9.17, 15) is 4.79 Å². The number of nitrogens with one attached hydrogen (secondary N) is 1. The summed E-state index contributed by atoms with van der Waals surface area (Å²) in [6.45, 7) is 3.81. The Balaban J connectivity index is 0.00000210. The predicted molar refractivity (Wildman–Crippen MR) is 109 cm³/mol. The predicted octanol–water partition coefficient (Wildman–Crippen LogP) is 2.65. The van der Waals surface area contributed by atoms with Crippen molar-refractivity contribution >= 4 is 19.4 Å². The van der Waals surface area contributed by atoms with Crippen LogP contribution in [-0.2, 0) is 0 Å². The van der Waals surface area contributed by atoms with E-state index in [1.807, 2.05) is 24.3 Å². The number of benzene rings is 1. The van der Waals surface area contributed by atoms with Crippen LogP contribution in [0.4, 0.5) is 0 Å². The fourth-order valence-corrected chi connectivity index (χ4v) is 3.52. The first kappa shape index (κ1) is 19.6. The van der Waals surface area contributed by atoms with Crippen molar-refractivity contribution in [3.05, 3.63) is 53.3 Å². The van der Waals surface area contributed by atoms with Crippen molar-refractivity contribution in [1.82, 2.24) is 20.4 Å². The van der Waals surface area contributed by atoms with Crippen molar-refractivity contribution in [2.45, 2.75) is 37.8 Å². The second-order valence-corrected chi connectivity index (χ2v) is 7.19. The van der Waals surface area contributed by atoms with Crippen LogP contribution in [0.5, 0.6) is 5.75 Å². The molecule has 27 heavy (non-hydrogen) atoms. The van der Waals surface area contributed by atoms with Gasteiger partial charge in [-0.2, -0.15) is 18.6 Å². The molecule has 1 aliphatic heterocycles. The molecule has 1 aromatic heterocycles. The number of carbonyl (C=O) groups is 1. The molecule has 4 rings (SSSR count). The highest BCUT2D eigenvalue weighted by molar-refractivity contribution is 7.59. The molecule has 144 valence electrons. The van der Waals surface area contributed by atoms with Gasteiger partial charge in [-0.05, 0) is 43.4 Å². The Labute approximate surface area is 166 Å². The van der Waals surface area contributed by atoms with Gasteiger partial charge in [-0.1, -0.05) is 18.2 Å². The zero-order valence-electron chi connectivity index (χ0n) is 15.7. The quantitative estimate of drug-likeness (QED) is 0.827. The molecule has 6 nitrogen and oxygen atoms in total. The van der Waals surface area contributed by atoms with E-state index in [1.165, 1.54) is 18.4 Å². The molecule has 1 aromatic carbocycles. The molecule has 0 spiro atoms. The maximum Gasteiger partial charge on any atom is 0.272 e. The number of aromatic nitrogens is 2. The average molecular weight is 387 g/mol. The molecule has 2 aromatic rings. The molecule has 0 radical (unpaired) electrons. The Bertz CT molecular complexity index is 806. The van der Waals surface area contributed by atoms with Gasteiger partial charge in [0.1, 0.15) is 5.75 Å². The summed E-state index contributed by atoms with van der Waals surface area (Å²) in [6.07, 6.45) is 4.14. The van der Waals surface area contributed by atoms with Gasteiger partial charge in [-0.15, -0.1) is 5.10 Å². The largest absolute Gasteiger partial charge is 0.496 e. The lowest BCUT2D eigenvalue weighted by molar-refractivity contribution is 0.0665. The SMILES string of the molecule is COc1ccccc1[C@H](C)N1CC(NC(=O)c2cc(C3CC3)cnn2)C1.S. The van der Waals surface area contributed by atoms with E-state index in [1.54, 1.807) is 13.3 Å². The molecule has 2 fully saturated rings. The molecule has 1 saturated heterocycles. The number of amides is 1. The van der Waals surface area contributed by atoms with E-state index in [0.29, 0.717) is 11.6 Å². The molecule has 1 N–H and O–H groups in total. The van der Waals surface area contributed by atoms with Crippen molar-refractivity contribution in [2.75, 3.05) is 20.2 Å². The first-order valence-electron chi connectivity index (χ1n) is 9.16. The van der Waals surface area contributed by atoms with E-state index in [-0.39, 0.29) is 31.5 Å². The average Bonchev–Trinajstić information content (AvgIpc) is 3.49. The molecule has 1 atom stereocenters. The van der Waals surface area contributed by atoms with Crippen LogP contribution in [0.15, 0.2) is 36.5 Å². The third-order valence-electron chi connectivity index (χ3n) is 5.34. The summed E-state index contributed by atoms with van der Waals surface area (Å²) in [7, 11) is 1.70. The van der Waals surface area contributed by atoms with Crippen LogP contribution in [0.25, 0.3) is 0 Å². The highest BCUT2D eigenvalue weighted by Crippen LogP contribution is 2.39. The number of carbonyl (C=O) groups excluding carboxylic acids is 1. The van der Waals surface area contributed by atoms with Crippen molar-refractivity contribution in [2.24, 2.45) is 0 Å². The van der Waals surface area contributed by atoms with Gasteiger partial charge in [-0.3, -0.25) is 9.69 Å². The van der Waals surface area contributed by atoms with Crippen molar-refractivity contribution in [1.29, 1.82) is 0 Å². The van der Waals surface area contributed by atoms with Crippen LogP contribution in [-0.4, -0.2) is 47.2 Å². The van der Waals surface area contributed by atoms with Gasteiger partial charge in [0.05, 0.1) is 19.3 Å². The van der Waals surface area contributed by atoms with E-state index in [0.717, 1.165) is 24.4 Å². The first-order valence-corrected chi connectivity index (χ1v) is 9.16. The first-order chi connectivity index (χ1) is 12.7. The van der Waals surface area contributed by atoms with E-state index in [4.69, 9.17) is 4.74 Å². The van der Waals surface area contributed by atoms with Gasteiger partial charge in [0, 0.05) is 24.7 Å². The lowest BCUT2D eigenvalue weighted by atomic mass is 9.99. The summed E-state index contributed by atoms with van der Waals surface area (Å²) >= 11 is 0. The topological polar surface area (TPSA) is 67.3 Å². The van der Waals surface area contributed by atoms with Crippen LogP contribution in [0, 0.1) is 0 Å². The van der Waals surface area contributed by atoms with E-state index >= 15 is 0 Å². The molecule has 1 saturated carbocycles. The maximum absolute atomic E-state index is 12.4. The summed E-state index contributed by atoms with van der Waals surface area (Å²) in [5, 5.41) is 11.0. The van der Waals surface area contributed by atoms with Crippen LogP contribution >= 0.6 is 13.5 Å². The Kier molecular flexibility index (Phi) is 6.01. The highest BCUT2D eigenvalue weighted by Gasteiger charge is 2.33. The summed E-state index contributed by atoms with van der Waals surface area (Å²) < 4.78 is 5.46. The summed E-state index contributed by atoms with van der Waals surface area (Å²) in [5.74, 6) is 1.34. The van der Waals surface area contributed by atoms with Crippen molar-refractivity contribution in [3.63, 3.8) is 0 Å². The van der Waals surface area contributed by atoms with Crippen LogP contribution < -0.4 is 10.1 Å². The minimum Gasteiger partial charge on any atom is -0.496 e. The molecule has 1 aliphatic carbocycles. The van der Waals surface area contributed by atoms with E-state index in [2.05, 4.69) is 33.4 Å². The Morgan fingerprint density at radius 3 is 2.74 bits per heavy atom. The number of hydrogen-bond acceptors (Lipinski definition) is 5. The lowest BCUT2D eigenvalue weighted by Crippen LogP contribution is -2.59. The summed E-state index contributed by atoms with van der Waals surface area (Å²) in [4.78, 5) is 14.8. The number of rotatable bonds is 6. The molecular weight excluding hydrogens is 360 g/mol. The van der Waals surface area contributed by atoms with Gasteiger partial charge in [0.25, 0.3) is 5.91 Å². The molecule has 7 heteroatoms. The standard InChI is InChI=1S/C20H24N4O2.H2S/c1-13(17-5-3-4-6-19(17)26-2)24-11-16(12-24)22-20(25)18-9-15(10-21-23-18)14-7-8-14;/h3-6,9-10,13-14,16H,7-8,11-12H2,1-2H3,(H,22,25);1H2/t13-;/m0./s1. The zero-order chi connectivity index (χ0) is 18.1. The van der Waals surface area contributed by atoms with E-state index < -0.39 is 0 Å². The minimum absolute atomic E-state index is 0. The van der Waals surface area contributed by atoms with Crippen LogP contribution in [0.3, 0.4) is 0 Å². The van der Waals surface area contributed by atoms with Gasteiger partial charge in [0.15, 0.2) is 5.69 Å². The van der Waals surface area contributed by atoms with Crippen LogP contribution in [0.2, 0.25) is 0 Å². The molecule has 0 unspecified atom stereocenters. The fourth-order valence-electron chi connectivity index (χ4n) is 3.52. The van der Waals surface area contributed by atoms with Gasteiger partial charge < -0.3 is 10.1 Å². The third kappa shape index (κ3) is 4.25.